The Kier molecular flexibility index (Phi) is 1.78. The van der Waals surface area contributed by atoms with Crippen LogP contribution in [0.4, 0.5) is 0 Å². The van der Waals surface area contributed by atoms with Crippen molar-refractivity contribution < 1.29 is 19.1 Å². The monoisotopic (exact) mass is 235 g/mol. The highest BCUT2D eigenvalue weighted by atomic mass is 16.5. The van der Waals surface area contributed by atoms with Crippen molar-refractivity contribution in [1.29, 1.82) is 0 Å². The van der Waals surface area contributed by atoms with E-state index in [9.17, 15) is 14.7 Å². The van der Waals surface area contributed by atoms with Crippen LogP contribution in [-0.2, 0) is 4.79 Å². The summed E-state index contributed by atoms with van der Waals surface area (Å²) in [6, 6.07) is 1.49. The summed E-state index contributed by atoms with van der Waals surface area (Å²) in [5, 5.41) is 12.1. The number of Topliss-reactive ketones (excluding diaryl/α,β-unsaturated/α-hetero) is 1. The predicted molar refractivity (Wildman–Crippen MR) is 57.8 cm³/mol. The molecule has 0 radical (unpaired) electrons. The van der Waals surface area contributed by atoms with Crippen LogP contribution in [0.1, 0.15) is 42.3 Å². The number of hydrogen-bond acceptors (Lipinski definition) is 4. The molecule has 2 heterocycles. The molecule has 1 spiro atoms. The lowest BCUT2D eigenvalue weighted by Gasteiger charge is -2.49. The number of hydrogen-bond donors (Lipinski definition) is 2. The summed E-state index contributed by atoms with van der Waals surface area (Å²) in [7, 11) is 0. The lowest BCUT2D eigenvalue weighted by atomic mass is 9.62. The molecular formula is C12H13NO4. The molecule has 0 bridgehead atoms. The molecule has 0 aromatic carbocycles. The van der Waals surface area contributed by atoms with Gasteiger partial charge in [-0.05, 0) is 11.8 Å². The molecule has 1 saturated heterocycles. The maximum atomic E-state index is 12.3. The van der Waals surface area contributed by atoms with Gasteiger partial charge in [0, 0.05) is 11.6 Å². The molecule has 1 aliphatic carbocycles. The molecule has 90 valence electrons. The second kappa shape index (κ2) is 2.91. The minimum atomic E-state index is -0.826. The Hall–Kier alpha value is -1.78. The van der Waals surface area contributed by atoms with Crippen LogP contribution in [0, 0.1) is 5.92 Å². The van der Waals surface area contributed by atoms with Gasteiger partial charge in [0.2, 0.25) is 11.7 Å². The van der Waals surface area contributed by atoms with E-state index in [0.29, 0.717) is 0 Å². The van der Waals surface area contributed by atoms with Gasteiger partial charge in [-0.1, -0.05) is 13.8 Å². The first-order chi connectivity index (χ1) is 7.95. The molecule has 1 aromatic heterocycles. The Balaban J connectivity index is 2.13. The number of β-lactam (4-membered cyclic amide) rings is 1. The van der Waals surface area contributed by atoms with Crippen LogP contribution in [-0.4, -0.2) is 22.3 Å². The average molecular weight is 235 g/mol. The molecule has 17 heavy (non-hydrogen) atoms. The minimum Gasteiger partial charge on any atom is -0.481 e. The van der Waals surface area contributed by atoms with E-state index in [0.717, 1.165) is 5.56 Å². The third-order valence-electron chi connectivity index (χ3n) is 4.18. The van der Waals surface area contributed by atoms with Crippen LogP contribution in [0.5, 0.6) is 5.95 Å². The Morgan fingerprint density at radius 3 is 2.71 bits per heavy atom. The summed E-state index contributed by atoms with van der Waals surface area (Å²) in [6.07, 6.45) is 0.207. The molecular weight excluding hydrogens is 222 g/mol. The molecule has 1 aromatic rings. The van der Waals surface area contributed by atoms with E-state index in [1.165, 1.54) is 6.07 Å². The first-order valence-electron chi connectivity index (χ1n) is 5.64. The summed E-state index contributed by atoms with van der Waals surface area (Å²) < 4.78 is 5.06. The Labute approximate surface area is 97.8 Å². The lowest BCUT2D eigenvalue weighted by molar-refractivity contribution is -0.133. The molecule has 3 unspecified atom stereocenters. The number of amides is 1. The van der Waals surface area contributed by atoms with Crippen molar-refractivity contribution in [2.24, 2.45) is 5.92 Å². The first-order valence-corrected chi connectivity index (χ1v) is 5.64. The van der Waals surface area contributed by atoms with E-state index >= 15 is 0 Å². The smallest absolute Gasteiger partial charge is 0.282 e. The van der Waals surface area contributed by atoms with Crippen molar-refractivity contribution in [3.05, 3.63) is 17.4 Å². The molecule has 1 aliphatic heterocycles. The van der Waals surface area contributed by atoms with E-state index in [2.05, 4.69) is 5.32 Å². The summed E-state index contributed by atoms with van der Waals surface area (Å²) >= 11 is 0. The van der Waals surface area contributed by atoms with Gasteiger partial charge >= 0.3 is 0 Å². The molecule has 2 aliphatic rings. The quantitative estimate of drug-likeness (QED) is 0.662. The molecule has 1 fully saturated rings. The topological polar surface area (TPSA) is 79.5 Å². The second-order valence-electron chi connectivity index (χ2n) is 4.97. The van der Waals surface area contributed by atoms with Crippen molar-refractivity contribution in [3.63, 3.8) is 0 Å². The van der Waals surface area contributed by atoms with Gasteiger partial charge in [-0.3, -0.25) is 9.59 Å². The zero-order valence-electron chi connectivity index (χ0n) is 9.61. The van der Waals surface area contributed by atoms with Crippen LogP contribution in [0.15, 0.2) is 10.5 Å². The predicted octanol–water partition coefficient (Wildman–Crippen LogP) is 1.18. The zero-order chi connectivity index (χ0) is 12.4. The summed E-state index contributed by atoms with van der Waals surface area (Å²) in [4.78, 5) is 23.5. The number of carbonyl (C=O) groups is 2. The maximum absolute atomic E-state index is 12.3. The molecule has 3 atom stereocenters. The molecule has 5 heteroatoms. The second-order valence-corrected chi connectivity index (χ2v) is 4.97. The van der Waals surface area contributed by atoms with Gasteiger partial charge in [0.15, 0.2) is 5.76 Å². The highest BCUT2D eigenvalue weighted by Gasteiger charge is 2.59. The average Bonchev–Trinajstić information content (AvgIpc) is 2.62. The highest BCUT2D eigenvalue weighted by molar-refractivity contribution is 6.11. The number of fused-ring (bicyclic) bond motifs is 1. The van der Waals surface area contributed by atoms with Crippen LogP contribution in [0.2, 0.25) is 0 Å². The normalized spacial score (nSPS) is 35.4. The van der Waals surface area contributed by atoms with Gasteiger partial charge in [0.05, 0.1) is 6.42 Å². The molecule has 2 N–H and O–H groups in total. The number of aromatic hydroxyl groups is 1. The van der Waals surface area contributed by atoms with Gasteiger partial charge in [-0.15, -0.1) is 0 Å². The Morgan fingerprint density at radius 1 is 1.47 bits per heavy atom. The number of nitrogens with one attached hydrogen (secondary N) is 1. The standard InChI is InChI=1S/C12H13NO4/c1-5-6(2)12(4-8(14)13-12)11(16)10-7(5)3-9(15)17-10/h3,5-6,15H,4H2,1-2H3,(H,13,14). The van der Waals surface area contributed by atoms with Gasteiger partial charge in [0.1, 0.15) is 5.54 Å². The summed E-state index contributed by atoms with van der Waals surface area (Å²) in [5.74, 6) is -0.335. The fourth-order valence-corrected chi connectivity index (χ4v) is 2.91. The van der Waals surface area contributed by atoms with Crippen LogP contribution in [0.3, 0.4) is 0 Å². The third-order valence-corrected chi connectivity index (χ3v) is 4.18. The van der Waals surface area contributed by atoms with E-state index in [1.807, 2.05) is 13.8 Å². The third kappa shape index (κ3) is 1.09. The highest BCUT2D eigenvalue weighted by Crippen LogP contribution is 2.47. The van der Waals surface area contributed by atoms with Crippen LogP contribution < -0.4 is 5.32 Å². The summed E-state index contributed by atoms with van der Waals surface area (Å²) in [6.45, 7) is 3.91. The Morgan fingerprint density at radius 2 is 2.12 bits per heavy atom. The number of rotatable bonds is 0. The summed E-state index contributed by atoms with van der Waals surface area (Å²) in [5.41, 5.74) is -0.0971. The zero-order valence-corrected chi connectivity index (χ0v) is 9.61. The van der Waals surface area contributed by atoms with Crippen molar-refractivity contribution in [1.82, 2.24) is 5.32 Å². The van der Waals surface area contributed by atoms with Crippen molar-refractivity contribution in [2.75, 3.05) is 0 Å². The fraction of sp³-hybridized carbons (Fsp3) is 0.500. The van der Waals surface area contributed by atoms with Crippen molar-refractivity contribution >= 4 is 11.7 Å². The molecule has 0 saturated carbocycles. The molecule has 1 amide bonds. The van der Waals surface area contributed by atoms with Gasteiger partial charge < -0.3 is 14.8 Å². The van der Waals surface area contributed by atoms with Crippen molar-refractivity contribution in [3.8, 4) is 5.95 Å². The fourth-order valence-electron chi connectivity index (χ4n) is 2.91. The van der Waals surface area contributed by atoms with E-state index in [1.54, 1.807) is 0 Å². The molecule has 3 rings (SSSR count). The minimum absolute atomic E-state index is 0.00259. The van der Waals surface area contributed by atoms with Crippen LogP contribution in [0.25, 0.3) is 0 Å². The Bertz CT molecular complexity index is 523. The van der Waals surface area contributed by atoms with Gasteiger partial charge in [-0.25, -0.2) is 0 Å². The van der Waals surface area contributed by atoms with Gasteiger partial charge in [-0.2, -0.15) is 0 Å². The number of carbonyl (C=O) groups excluding carboxylic acids is 2. The van der Waals surface area contributed by atoms with E-state index < -0.39 is 5.54 Å². The lowest BCUT2D eigenvalue weighted by Crippen LogP contribution is -2.71. The number of furan rings is 1. The van der Waals surface area contributed by atoms with E-state index in [-0.39, 0.29) is 41.7 Å². The maximum Gasteiger partial charge on any atom is 0.282 e. The van der Waals surface area contributed by atoms with Crippen LogP contribution >= 0.6 is 0 Å². The number of ketones is 1. The SMILES string of the molecule is CC1c2cc(O)oc2C(=O)C2(CC(=O)N2)C1C. The first kappa shape index (κ1) is 10.4. The molecule has 5 nitrogen and oxygen atoms in total. The van der Waals surface area contributed by atoms with E-state index in [4.69, 9.17) is 4.42 Å². The largest absolute Gasteiger partial charge is 0.481 e. The van der Waals surface area contributed by atoms with Crippen molar-refractivity contribution in [2.45, 2.75) is 31.7 Å². The van der Waals surface area contributed by atoms with Gasteiger partial charge in [0.25, 0.3) is 5.95 Å².